The average Bonchev–Trinajstić information content (AvgIpc) is 2.60. The fourth-order valence-electron chi connectivity index (χ4n) is 2.06. The van der Waals surface area contributed by atoms with Crippen molar-refractivity contribution in [1.29, 1.82) is 0 Å². The molecule has 6 nitrogen and oxygen atoms in total. The van der Waals surface area contributed by atoms with Crippen LogP contribution in [0.1, 0.15) is 23.7 Å². The molecule has 0 saturated carbocycles. The van der Waals surface area contributed by atoms with Crippen LogP contribution in [0.15, 0.2) is 47.6 Å². The highest BCUT2D eigenvalue weighted by Gasteiger charge is 2.10. The zero-order valence-corrected chi connectivity index (χ0v) is 17.1. The molecule has 0 unspecified atom stereocenters. The van der Waals surface area contributed by atoms with Gasteiger partial charge in [0.15, 0.2) is 0 Å². The van der Waals surface area contributed by atoms with Gasteiger partial charge >= 0.3 is 0 Å². The largest absolute Gasteiger partial charge is 0.495 e. The molecule has 2 amide bonds. The van der Waals surface area contributed by atoms with Gasteiger partial charge in [0.2, 0.25) is 5.91 Å². The van der Waals surface area contributed by atoms with Crippen molar-refractivity contribution < 1.29 is 14.3 Å². The molecule has 0 heterocycles. The molecule has 0 bridgehead atoms. The second kappa shape index (κ2) is 9.54. The number of carbonyl (C=O) groups excluding carboxylic acids is 2. The van der Waals surface area contributed by atoms with Gasteiger partial charge in [-0.2, -0.15) is 5.10 Å². The molecule has 0 aliphatic rings. The summed E-state index contributed by atoms with van der Waals surface area (Å²) in [5.41, 5.74) is 3.87. The Labute approximate surface area is 170 Å². The molecule has 2 aromatic rings. The highest BCUT2D eigenvalue weighted by atomic mass is 127. The number of ether oxygens (including phenoxy) is 1. The van der Waals surface area contributed by atoms with Crippen LogP contribution in [0.25, 0.3) is 0 Å². The number of benzene rings is 2. The minimum atomic E-state index is -0.335. The van der Waals surface area contributed by atoms with Crippen molar-refractivity contribution in [2.24, 2.45) is 5.10 Å². The lowest BCUT2D eigenvalue weighted by atomic mass is 10.2. The SMILES string of the molecule is COc1ccc(Cl)cc1NC(=O)C/C(C)=N/NC(=O)c1ccc(I)cc1. The van der Waals surface area contributed by atoms with Crippen LogP contribution in [-0.2, 0) is 4.79 Å². The molecule has 0 radical (unpaired) electrons. The molecule has 0 atom stereocenters. The second-order valence-corrected chi connectivity index (χ2v) is 7.05. The molecule has 136 valence electrons. The van der Waals surface area contributed by atoms with Crippen LogP contribution in [-0.4, -0.2) is 24.6 Å². The minimum absolute atomic E-state index is 0.0165. The Hall–Kier alpha value is -2.13. The first-order chi connectivity index (χ1) is 12.4. The van der Waals surface area contributed by atoms with Gasteiger partial charge in [0.1, 0.15) is 5.75 Å². The van der Waals surface area contributed by atoms with Crippen molar-refractivity contribution >= 4 is 57.4 Å². The Kier molecular flexibility index (Phi) is 7.40. The molecule has 26 heavy (non-hydrogen) atoms. The van der Waals surface area contributed by atoms with Crippen molar-refractivity contribution in [1.82, 2.24) is 5.43 Å². The lowest BCUT2D eigenvalue weighted by Crippen LogP contribution is -2.21. The van der Waals surface area contributed by atoms with Crippen LogP contribution in [0.5, 0.6) is 5.75 Å². The molecule has 2 aromatic carbocycles. The number of amides is 2. The van der Waals surface area contributed by atoms with Gasteiger partial charge in [0.05, 0.1) is 19.2 Å². The van der Waals surface area contributed by atoms with Crippen LogP contribution in [0, 0.1) is 3.57 Å². The summed E-state index contributed by atoms with van der Waals surface area (Å²) in [5, 5.41) is 7.16. The van der Waals surface area contributed by atoms with Gasteiger partial charge < -0.3 is 10.1 Å². The number of carbonyl (C=O) groups is 2. The van der Waals surface area contributed by atoms with Crippen molar-refractivity contribution in [3.8, 4) is 5.75 Å². The Morgan fingerprint density at radius 2 is 1.88 bits per heavy atom. The maximum atomic E-state index is 12.2. The van der Waals surface area contributed by atoms with E-state index in [2.05, 4.69) is 38.4 Å². The summed E-state index contributed by atoms with van der Waals surface area (Å²) < 4.78 is 6.22. The quantitative estimate of drug-likeness (QED) is 0.367. The van der Waals surface area contributed by atoms with E-state index in [0.29, 0.717) is 27.7 Å². The van der Waals surface area contributed by atoms with Crippen molar-refractivity contribution in [3.05, 3.63) is 56.6 Å². The molecule has 0 fully saturated rings. The minimum Gasteiger partial charge on any atom is -0.495 e. The van der Waals surface area contributed by atoms with E-state index in [1.54, 1.807) is 37.3 Å². The van der Waals surface area contributed by atoms with E-state index in [1.165, 1.54) is 7.11 Å². The highest BCUT2D eigenvalue weighted by molar-refractivity contribution is 14.1. The molecule has 2 rings (SSSR count). The number of nitrogens with one attached hydrogen (secondary N) is 2. The fraction of sp³-hybridized carbons (Fsp3) is 0.167. The first-order valence-corrected chi connectivity index (χ1v) is 9.07. The standard InChI is InChI=1S/C18H17ClIN3O3/c1-11(22-23-18(25)12-3-6-14(20)7-4-12)9-17(24)21-15-10-13(19)5-8-16(15)26-2/h3-8,10H,9H2,1-2H3,(H,21,24)(H,23,25)/b22-11+. The zero-order chi connectivity index (χ0) is 19.1. The van der Waals surface area contributed by atoms with E-state index in [4.69, 9.17) is 16.3 Å². The number of anilines is 1. The molecule has 0 aliphatic heterocycles. The monoisotopic (exact) mass is 485 g/mol. The Morgan fingerprint density at radius 3 is 2.54 bits per heavy atom. The Bertz CT molecular complexity index is 838. The summed E-state index contributed by atoms with van der Waals surface area (Å²) in [4.78, 5) is 24.2. The third-order valence-electron chi connectivity index (χ3n) is 3.31. The smallest absolute Gasteiger partial charge is 0.271 e. The van der Waals surface area contributed by atoms with Gasteiger partial charge in [0.25, 0.3) is 5.91 Å². The number of hydrazone groups is 1. The first-order valence-electron chi connectivity index (χ1n) is 7.61. The molecule has 0 aliphatic carbocycles. The summed E-state index contributed by atoms with van der Waals surface area (Å²) >= 11 is 8.10. The zero-order valence-electron chi connectivity index (χ0n) is 14.2. The predicted octanol–water partition coefficient (Wildman–Crippen LogP) is 4.09. The Balaban J connectivity index is 1.94. The molecular weight excluding hydrogens is 469 g/mol. The van der Waals surface area contributed by atoms with Crippen molar-refractivity contribution in [2.75, 3.05) is 12.4 Å². The lowest BCUT2D eigenvalue weighted by Gasteiger charge is -2.10. The molecular formula is C18H17ClIN3O3. The number of hydrogen-bond acceptors (Lipinski definition) is 4. The maximum Gasteiger partial charge on any atom is 0.271 e. The van der Waals surface area contributed by atoms with E-state index in [9.17, 15) is 9.59 Å². The third-order valence-corrected chi connectivity index (χ3v) is 4.26. The Morgan fingerprint density at radius 1 is 1.19 bits per heavy atom. The topological polar surface area (TPSA) is 79.8 Å². The number of nitrogens with zero attached hydrogens (tertiary/aromatic N) is 1. The van der Waals surface area contributed by atoms with Crippen LogP contribution >= 0.6 is 34.2 Å². The van der Waals surface area contributed by atoms with E-state index < -0.39 is 0 Å². The van der Waals surface area contributed by atoms with Crippen LogP contribution in [0.2, 0.25) is 5.02 Å². The normalized spacial score (nSPS) is 11.0. The summed E-state index contributed by atoms with van der Waals surface area (Å²) in [5.74, 6) is -0.127. The lowest BCUT2D eigenvalue weighted by molar-refractivity contribution is -0.115. The molecule has 0 aromatic heterocycles. The summed E-state index contributed by atoms with van der Waals surface area (Å²) in [6.07, 6.45) is 0.0165. The van der Waals surface area contributed by atoms with E-state index in [-0.39, 0.29) is 18.2 Å². The van der Waals surface area contributed by atoms with Crippen molar-refractivity contribution in [3.63, 3.8) is 0 Å². The molecule has 0 spiro atoms. The maximum absolute atomic E-state index is 12.2. The average molecular weight is 486 g/mol. The first kappa shape index (κ1) is 20.2. The van der Waals surface area contributed by atoms with Gasteiger partial charge in [-0.3, -0.25) is 9.59 Å². The van der Waals surface area contributed by atoms with Gasteiger partial charge in [-0.25, -0.2) is 5.43 Å². The summed E-state index contributed by atoms with van der Waals surface area (Å²) in [6, 6.07) is 12.0. The summed E-state index contributed by atoms with van der Waals surface area (Å²) in [7, 11) is 1.51. The van der Waals surface area contributed by atoms with Gasteiger partial charge in [0, 0.05) is 19.9 Å². The summed E-state index contributed by atoms with van der Waals surface area (Å²) in [6.45, 7) is 1.66. The van der Waals surface area contributed by atoms with E-state index in [0.717, 1.165) is 3.57 Å². The number of rotatable bonds is 6. The van der Waals surface area contributed by atoms with E-state index >= 15 is 0 Å². The van der Waals surface area contributed by atoms with Gasteiger partial charge in [-0.1, -0.05) is 11.6 Å². The molecule has 2 N–H and O–H groups in total. The van der Waals surface area contributed by atoms with E-state index in [1.807, 2.05) is 12.1 Å². The van der Waals surface area contributed by atoms with Gasteiger partial charge in [-0.05, 0) is 72.0 Å². The number of hydrogen-bond donors (Lipinski definition) is 2. The number of methoxy groups -OCH3 is 1. The molecule has 8 heteroatoms. The third kappa shape index (κ3) is 5.99. The molecule has 0 saturated heterocycles. The second-order valence-electron chi connectivity index (χ2n) is 5.36. The van der Waals surface area contributed by atoms with Crippen molar-refractivity contribution in [2.45, 2.75) is 13.3 Å². The van der Waals surface area contributed by atoms with Crippen LogP contribution in [0.4, 0.5) is 5.69 Å². The van der Waals surface area contributed by atoms with Crippen LogP contribution in [0.3, 0.4) is 0 Å². The van der Waals surface area contributed by atoms with Crippen LogP contribution < -0.4 is 15.5 Å². The van der Waals surface area contributed by atoms with Gasteiger partial charge in [-0.15, -0.1) is 0 Å². The number of halogens is 2. The fourth-order valence-corrected chi connectivity index (χ4v) is 2.59. The predicted molar refractivity (Wildman–Crippen MR) is 111 cm³/mol. The highest BCUT2D eigenvalue weighted by Crippen LogP contribution is 2.27.